The lowest BCUT2D eigenvalue weighted by Crippen LogP contribution is -2.26. The van der Waals surface area contributed by atoms with E-state index >= 15 is 0 Å². The first-order chi connectivity index (χ1) is 15.6. The van der Waals surface area contributed by atoms with Crippen molar-refractivity contribution in [3.05, 3.63) is 94.5 Å². The first-order valence-electron chi connectivity index (χ1n) is 10.2. The Balaban J connectivity index is 1.47. The zero-order chi connectivity index (χ0) is 22.5. The lowest BCUT2D eigenvalue weighted by atomic mass is 10.1. The number of aromatic nitrogens is 2. The third-order valence-corrected chi connectivity index (χ3v) is 5.20. The van der Waals surface area contributed by atoms with E-state index in [-0.39, 0.29) is 11.5 Å². The largest absolute Gasteiger partial charge is 0.493 e. The smallest absolute Gasteiger partial charge is 0.265 e. The van der Waals surface area contributed by atoms with Gasteiger partial charge in [0.25, 0.3) is 11.5 Å². The summed E-state index contributed by atoms with van der Waals surface area (Å²) in [6.07, 6.45) is 2.12. The Morgan fingerprint density at radius 3 is 2.50 bits per heavy atom. The zero-order valence-corrected chi connectivity index (χ0v) is 17.9. The number of fused-ring (bicyclic) bond motifs is 1. The van der Waals surface area contributed by atoms with Gasteiger partial charge >= 0.3 is 0 Å². The average Bonchev–Trinajstić information content (AvgIpc) is 2.84. The Morgan fingerprint density at radius 1 is 0.969 bits per heavy atom. The molecule has 1 aromatic heterocycles. The van der Waals surface area contributed by atoms with Gasteiger partial charge in [-0.15, -0.1) is 0 Å². The van der Waals surface area contributed by atoms with E-state index in [0.717, 1.165) is 11.3 Å². The first kappa shape index (κ1) is 21.1. The van der Waals surface area contributed by atoms with Crippen LogP contribution in [0.4, 0.5) is 0 Å². The van der Waals surface area contributed by atoms with Crippen LogP contribution in [0.5, 0.6) is 11.5 Å². The zero-order valence-electron chi connectivity index (χ0n) is 17.9. The Morgan fingerprint density at radius 2 is 1.75 bits per heavy atom. The maximum Gasteiger partial charge on any atom is 0.265 e. The summed E-state index contributed by atoms with van der Waals surface area (Å²) in [7, 11) is 3.18. The van der Waals surface area contributed by atoms with Gasteiger partial charge in [0.15, 0.2) is 11.5 Å². The maximum absolute atomic E-state index is 12.8. The minimum Gasteiger partial charge on any atom is -0.493 e. The van der Waals surface area contributed by atoms with Crippen LogP contribution < -0.4 is 20.3 Å². The van der Waals surface area contributed by atoms with Crippen molar-refractivity contribution in [3.8, 4) is 17.2 Å². The first-order valence-corrected chi connectivity index (χ1v) is 10.2. The van der Waals surface area contributed by atoms with Crippen LogP contribution in [0.1, 0.15) is 15.9 Å². The van der Waals surface area contributed by atoms with Gasteiger partial charge in [-0.2, -0.15) is 0 Å². The van der Waals surface area contributed by atoms with E-state index in [2.05, 4.69) is 10.3 Å². The van der Waals surface area contributed by atoms with Crippen LogP contribution in [0, 0.1) is 0 Å². The number of benzene rings is 3. The molecule has 0 aliphatic heterocycles. The van der Waals surface area contributed by atoms with Crippen molar-refractivity contribution in [2.75, 3.05) is 20.8 Å². The van der Waals surface area contributed by atoms with Crippen LogP contribution in [-0.4, -0.2) is 36.2 Å². The van der Waals surface area contributed by atoms with Crippen molar-refractivity contribution in [2.24, 2.45) is 0 Å². The number of ether oxygens (including phenoxy) is 2. The van der Waals surface area contributed by atoms with E-state index in [1.54, 1.807) is 32.4 Å². The normalized spacial score (nSPS) is 10.7. The molecule has 0 bridgehead atoms. The summed E-state index contributed by atoms with van der Waals surface area (Å²) >= 11 is 0. The number of nitrogens with one attached hydrogen (secondary N) is 1. The third kappa shape index (κ3) is 4.32. The highest BCUT2D eigenvalue weighted by atomic mass is 16.5. The topological polar surface area (TPSA) is 82.5 Å². The summed E-state index contributed by atoms with van der Waals surface area (Å²) in [6.45, 7) is 0.454. The van der Waals surface area contributed by atoms with E-state index in [0.29, 0.717) is 40.9 Å². The molecular weight excluding hydrogens is 406 g/mol. The molecule has 4 aromatic rings. The Kier molecular flexibility index (Phi) is 6.17. The molecule has 3 aromatic carbocycles. The molecular formula is C25H23N3O4. The van der Waals surface area contributed by atoms with E-state index < -0.39 is 0 Å². The highest BCUT2D eigenvalue weighted by molar-refractivity contribution is 5.97. The van der Waals surface area contributed by atoms with E-state index in [4.69, 9.17) is 9.47 Å². The summed E-state index contributed by atoms with van der Waals surface area (Å²) in [6, 6.07) is 19.9. The fraction of sp³-hybridized carbons (Fsp3) is 0.160. The highest BCUT2D eigenvalue weighted by Crippen LogP contribution is 2.27. The van der Waals surface area contributed by atoms with Gasteiger partial charge in [0, 0.05) is 12.1 Å². The fourth-order valence-electron chi connectivity index (χ4n) is 3.49. The molecule has 1 heterocycles. The Hall–Kier alpha value is -4.13. The van der Waals surface area contributed by atoms with E-state index in [1.165, 1.54) is 10.9 Å². The molecule has 0 aliphatic carbocycles. The molecule has 32 heavy (non-hydrogen) atoms. The summed E-state index contributed by atoms with van der Waals surface area (Å²) in [5, 5.41) is 3.36. The number of hydrogen-bond acceptors (Lipinski definition) is 5. The summed E-state index contributed by atoms with van der Waals surface area (Å²) in [5.74, 6) is 1.09. The lowest BCUT2D eigenvalue weighted by Gasteiger charge is -2.10. The number of hydrogen-bond donors (Lipinski definition) is 1. The monoisotopic (exact) mass is 429 g/mol. The molecule has 0 atom stereocenters. The van der Waals surface area contributed by atoms with Crippen molar-refractivity contribution in [1.82, 2.24) is 14.9 Å². The molecule has 0 unspecified atom stereocenters. The SMILES string of the molecule is COc1ccc(CCNC(=O)c2ccc3c(=O)n(-c4ccccc4)cnc3c2)cc1OC. The predicted molar refractivity (Wildman–Crippen MR) is 123 cm³/mol. The van der Waals surface area contributed by atoms with Crippen molar-refractivity contribution in [1.29, 1.82) is 0 Å². The molecule has 0 saturated heterocycles. The second-order valence-electron chi connectivity index (χ2n) is 7.18. The lowest BCUT2D eigenvalue weighted by molar-refractivity contribution is 0.0954. The summed E-state index contributed by atoms with van der Waals surface area (Å²) in [4.78, 5) is 29.8. The molecule has 0 radical (unpaired) electrons. The van der Waals surface area contributed by atoms with Crippen LogP contribution >= 0.6 is 0 Å². The van der Waals surface area contributed by atoms with Crippen molar-refractivity contribution in [3.63, 3.8) is 0 Å². The predicted octanol–water partition coefficient (Wildman–Crippen LogP) is 3.38. The number of carbonyl (C=O) groups excluding carboxylic acids is 1. The molecule has 1 amide bonds. The fourth-order valence-corrected chi connectivity index (χ4v) is 3.49. The van der Waals surface area contributed by atoms with Gasteiger partial charge in [-0.1, -0.05) is 24.3 Å². The second kappa shape index (κ2) is 9.34. The quantitative estimate of drug-likeness (QED) is 0.487. The minimum absolute atomic E-state index is 0.179. The van der Waals surface area contributed by atoms with Crippen LogP contribution in [0.25, 0.3) is 16.6 Å². The number of nitrogens with zero attached hydrogens (tertiary/aromatic N) is 2. The van der Waals surface area contributed by atoms with Gasteiger partial charge in [-0.05, 0) is 54.4 Å². The molecule has 1 N–H and O–H groups in total. The molecule has 0 aliphatic rings. The van der Waals surface area contributed by atoms with E-state index in [9.17, 15) is 9.59 Å². The van der Waals surface area contributed by atoms with Crippen LogP contribution in [-0.2, 0) is 6.42 Å². The van der Waals surface area contributed by atoms with Crippen LogP contribution in [0.2, 0.25) is 0 Å². The molecule has 162 valence electrons. The summed E-state index contributed by atoms with van der Waals surface area (Å²) < 4.78 is 12.0. The van der Waals surface area contributed by atoms with E-state index in [1.807, 2.05) is 48.5 Å². The summed E-state index contributed by atoms with van der Waals surface area (Å²) in [5.41, 5.74) is 2.51. The van der Waals surface area contributed by atoms with Crippen molar-refractivity contribution in [2.45, 2.75) is 6.42 Å². The maximum atomic E-state index is 12.8. The van der Waals surface area contributed by atoms with Crippen molar-refractivity contribution >= 4 is 16.8 Å². The number of methoxy groups -OCH3 is 2. The minimum atomic E-state index is -0.221. The standard InChI is InChI=1S/C25H23N3O4/c1-31-22-11-8-17(14-23(22)32-2)12-13-26-24(29)18-9-10-20-21(15-18)27-16-28(25(20)30)19-6-4-3-5-7-19/h3-11,14-16H,12-13H2,1-2H3,(H,26,29). The van der Waals surface area contributed by atoms with Gasteiger partial charge < -0.3 is 14.8 Å². The number of para-hydroxylation sites is 1. The average molecular weight is 429 g/mol. The van der Waals surface area contributed by atoms with Crippen molar-refractivity contribution < 1.29 is 14.3 Å². The second-order valence-corrected chi connectivity index (χ2v) is 7.18. The molecule has 4 rings (SSSR count). The van der Waals surface area contributed by atoms with Gasteiger partial charge in [-0.25, -0.2) is 4.98 Å². The van der Waals surface area contributed by atoms with Gasteiger partial charge in [0.2, 0.25) is 0 Å². The molecule has 7 heteroatoms. The number of carbonyl (C=O) groups is 1. The number of amides is 1. The molecule has 0 fully saturated rings. The third-order valence-electron chi connectivity index (χ3n) is 5.20. The molecule has 0 spiro atoms. The van der Waals surface area contributed by atoms with Gasteiger partial charge in [0.1, 0.15) is 6.33 Å². The Bertz CT molecular complexity index is 1320. The van der Waals surface area contributed by atoms with Gasteiger partial charge in [-0.3, -0.25) is 14.2 Å². The van der Waals surface area contributed by atoms with Crippen LogP contribution in [0.3, 0.4) is 0 Å². The number of rotatable bonds is 7. The highest BCUT2D eigenvalue weighted by Gasteiger charge is 2.11. The van der Waals surface area contributed by atoms with Crippen LogP contribution in [0.15, 0.2) is 77.9 Å². The molecule has 7 nitrogen and oxygen atoms in total. The Labute approximate surface area is 185 Å². The van der Waals surface area contributed by atoms with Gasteiger partial charge in [0.05, 0.1) is 30.8 Å². The molecule has 0 saturated carbocycles.